The number of benzene rings is 2. The quantitative estimate of drug-likeness (QED) is 0.507. The summed E-state index contributed by atoms with van der Waals surface area (Å²) >= 11 is 5.17. The number of carbonyl (C=O) groups excluding carboxylic acids is 1. The standard InChI is InChI=1S/C21H26N2O3S/c1-5-14(3)16-7-8-18(24)17(11-16)22-21(27)23-20(25)12-26-19-9-6-13(2)10-15(19)4/h6-11,14,24H,5,12H2,1-4H3,(H2,22,23,25,27)/t14-/m1/s1. The Morgan fingerprint density at radius 3 is 2.63 bits per heavy atom. The first-order valence-corrected chi connectivity index (χ1v) is 9.34. The van der Waals surface area contributed by atoms with Gasteiger partial charge in [0.05, 0.1) is 5.69 Å². The molecular weight excluding hydrogens is 360 g/mol. The van der Waals surface area contributed by atoms with E-state index in [2.05, 4.69) is 24.5 Å². The monoisotopic (exact) mass is 386 g/mol. The average Bonchev–Trinajstić information content (AvgIpc) is 2.62. The predicted octanol–water partition coefficient (Wildman–Crippen LogP) is 4.41. The molecular formula is C21H26N2O3S. The minimum Gasteiger partial charge on any atom is -0.506 e. The molecule has 1 atom stereocenters. The summed E-state index contributed by atoms with van der Waals surface area (Å²) in [6.07, 6.45) is 0.987. The number of ether oxygens (including phenoxy) is 1. The van der Waals surface area contributed by atoms with Crippen LogP contribution in [-0.4, -0.2) is 22.7 Å². The number of hydrogen-bond acceptors (Lipinski definition) is 4. The molecule has 0 aliphatic rings. The Morgan fingerprint density at radius 1 is 1.22 bits per heavy atom. The van der Waals surface area contributed by atoms with E-state index in [1.807, 2.05) is 44.2 Å². The molecule has 2 aromatic rings. The van der Waals surface area contributed by atoms with Crippen molar-refractivity contribution in [3.8, 4) is 11.5 Å². The maximum Gasteiger partial charge on any atom is 0.264 e. The van der Waals surface area contributed by atoms with Crippen LogP contribution in [-0.2, 0) is 4.79 Å². The Hall–Kier alpha value is -2.60. The van der Waals surface area contributed by atoms with Gasteiger partial charge in [0.1, 0.15) is 11.5 Å². The van der Waals surface area contributed by atoms with Crippen LogP contribution in [0.15, 0.2) is 36.4 Å². The van der Waals surface area contributed by atoms with Gasteiger partial charge in [0.15, 0.2) is 11.7 Å². The van der Waals surface area contributed by atoms with Crippen molar-refractivity contribution in [1.82, 2.24) is 5.32 Å². The molecule has 5 nitrogen and oxygen atoms in total. The van der Waals surface area contributed by atoms with Gasteiger partial charge in [-0.15, -0.1) is 0 Å². The second-order valence-electron chi connectivity index (χ2n) is 6.65. The Balaban J connectivity index is 1.92. The fourth-order valence-electron chi connectivity index (χ4n) is 2.62. The van der Waals surface area contributed by atoms with Gasteiger partial charge in [-0.05, 0) is 67.7 Å². The maximum atomic E-state index is 12.1. The Labute approximate surface area is 165 Å². The fourth-order valence-corrected chi connectivity index (χ4v) is 2.84. The number of amides is 1. The number of aryl methyl sites for hydroxylation is 2. The van der Waals surface area contributed by atoms with Crippen molar-refractivity contribution >= 4 is 28.9 Å². The lowest BCUT2D eigenvalue weighted by molar-refractivity contribution is -0.121. The number of phenolic OH excluding ortho intramolecular Hbond substituents is 1. The molecule has 0 heterocycles. The zero-order valence-electron chi connectivity index (χ0n) is 16.1. The lowest BCUT2D eigenvalue weighted by Gasteiger charge is -2.15. The van der Waals surface area contributed by atoms with Gasteiger partial charge in [0.25, 0.3) is 5.91 Å². The number of rotatable bonds is 6. The molecule has 6 heteroatoms. The number of aromatic hydroxyl groups is 1. The fraction of sp³-hybridized carbons (Fsp3) is 0.333. The van der Waals surface area contributed by atoms with Gasteiger partial charge in [-0.1, -0.05) is 37.6 Å². The molecule has 144 valence electrons. The molecule has 2 rings (SSSR count). The van der Waals surface area contributed by atoms with Crippen molar-refractivity contribution in [2.24, 2.45) is 0 Å². The molecule has 0 aliphatic carbocycles. The minimum atomic E-state index is -0.370. The topological polar surface area (TPSA) is 70.6 Å². The van der Waals surface area contributed by atoms with Crippen LogP contribution in [0.3, 0.4) is 0 Å². The van der Waals surface area contributed by atoms with Gasteiger partial charge < -0.3 is 15.2 Å². The Kier molecular flexibility index (Phi) is 7.19. The van der Waals surface area contributed by atoms with Gasteiger partial charge in [-0.3, -0.25) is 10.1 Å². The van der Waals surface area contributed by atoms with Crippen LogP contribution in [0.4, 0.5) is 5.69 Å². The van der Waals surface area contributed by atoms with Gasteiger partial charge in [0, 0.05) is 0 Å². The summed E-state index contributed by atoms with van der Waals surface area (Å²) in [6.45, 7) is 8.00. The summed E-state index contributed by atoms with van der Waals surface area (Å²) in [5.74, 6) is 0.726. The summed E-state index contributed by atoms with van der Waals surface area (Å²) in [5, 5.41) is 15.6. The molecule has 0 unspecified atom stereocenters. The van der Waals surface area contributed by atoms with Crippen molar-refractivity contribution in [1.29, 1.82) is 0 Å². The SMILES string of the molecule is CC[C@@H](C)c1ccc(O)c(NC(=S)NC(=O)COc2ccc(C)cc2C)c1. The number of nitrogens with one attached hydrogen (secondary N) is 2. The van der Waals surface area contributed by atoms with E-state index in [1.54, 1.807) is 6.07 Å². The molecule has 0 saturated carbocycles. The minimum absolute atomic E-state index is 0.0742. The van der Waals surface area contributed by atoms with Crippen LogP contribution in [0.2, 0.25) is 0 Å². The summed E-state index contributed by atoms with van der Waals surface area (Å²) in [5.41, 5.74) is 3.66. The molecule has 0 fully saturated rings. The molecule has 3 N–H and O–H groups in total. The van der Waals surface area contributed by atoms with Crippen molar-refractivity contribution in [3.05, 3.63) is 53.1 Å². The van der Waals surface area contributed by atoms with Crippen LogP contribution in [0.1, 0.15) is 42.9 Å². The number of anilines is 1. The van der Waals surface area contributed by atoms with Crippen LogP contribution < -0.4 is 15.4 Å². The van der Waals surface area contributed by atoms with E-state index in [1.165, 1.54) is 0 Å². The largest absolute Gasteiger partial charge is 0.506 e. The van der Waals surface area contributed by atoms with E-state index >= 15 is 0 Å². The van der Waals surface area contributed by atoms with E-state index in [0.29, 0.717) is 17.4 Å². The molecule has 0 saturated heterocycles. The summed E-state index contributed by atoms with van der Waals surface area (Å²) in [6, 6.07) is 11.1. The van der Waals surface area contributed by atoms with Crippen molar-refractivity contribution in [2.45, 2.75) is 40.0 Å². The molecule has 0 aromatic heterocycles. The van der Waals surface area contributed by atoms with Crippen molar-refractivity contribution in [2.75, 3.05) is 11.9 Å². The van der Waals surface area contributed by atoms with Crippen LogP contribution >= 0.6 is 12.2 Å². The zero-order chi connectivity index (χ0) is 20.0. The Bertz CT molecular complexity index is 836. The zero-order valence-corrected chi connectivity index (χ0v) is 16.9. The lowest BCUT2D eigenvalue weighted by Crippen LogP contribution is -2.37. The van der Waals surface area contributed by atoms with E-state index in [9.17, 15) is 9.90 Å². The number of carbonyl (C=O) groups is 1. The average molecular weight is 387 g/mol. The van der Waals surface area contributed by atoms with Crippen molar-refractivity contribution < 1.29 is 14.6 Å². The second kappa shape index (κ2) is 9.37. The van der Waals surface area contributed by atoms with Crippen molar-refractivity contribution in [3.63, 3.8) is 0 Å². The van der Waals surface area contributed by atoms with Crippen LogP contribution in [0.25, 0.3) is 0 Å². The Morgan fingerprint density at radius 2 is 1.96 bits per heavy atom. The first-order valence-electron chi connectivity index (χ1n) is 8.94. The highest BCUT2D eigenvalue weighted by atomic mass is 32.1. The third-order valence-electron chi connectivity index (χ3n) is 4.39. The highest BCUT2D eigenvalue weighted by molar-refractivity contribution is 7.80. The van der Waals surface area contributed by atoms with Gasteiger partial charge in [-0.2, -0.15) is 0 Å². The highest BCUT2D eigenvalue weighted by Crippen LogP contribution is 2.29. The maximum absolute atomic E-state index is 12.1. The van der Waals surface area contributed by atoms with Gasteiger partial charge in [-0.25, -0.2) is 0 Å². The summed E-state index contributed by atoms with van der Waals surface area (Å²) in [7, 11) is 0. The summed E-state index contributed by atoms with van der Waals surface area (Å²) < 4.78 is 5.54. The molecule has 0 bridgehead atoms. The molecule has 27 heavy (non-hydrogen) atoms. The number of thiocarbonyl (C=S) groups is 1. The second-order valence-corrected chi connectivity index (χ2v) is 7.05. The third-order valence-corrected chi connectivity index (χ3v) is 4.60. The van der Waals surface area contributed by atoms with E-state index in [0.717, 1.165) is 23.1 Å². The summed E-state index contributed by atoms with van der Waals surface area (Å²) in [4.78, 5) is 12.1. The molecule has 2 aromatic carbocycles. The lowest BCUT2D eigenvalue weighted by atomic mass is 9.98. The first-order chi connectivity index (χ1) is 12.8. The first kappa shape index (κ1) is 20.7. The predicted molar refractivity (Wildman–Crippen MR) is 113 cm³/mol. The third kappa shape index (κ3) is 5.96. The van der Waals surface area contributed by atoms with E-state index in [4.69, 9.17) is 17.0 Å². The molecule has 0 radical (unpaired) electrons. The molecule has 0 spiro atoms. The van der Waals surface area contributed by atoms with E-state index < -0.39 is 0 Å². The van der Waals surface area contributed by atoms with E-state index in [-0.39, 0.29) is 23.4 Å². The number of phenols is 1. The molecule has 0 aliphatic heterocycles. The number of hydrogen-bond donors (Lipinski definition) is 3. The van der Waals surface area contributed by atoms with Crippen LogP contribution in [0, 0.1) is 13.8 Å². The van der Waals surface area contributed by atoms with Gasteiger partial charge in [0.2, 0.25) is 0 Å². The van der Waals surface area contributed by atoms with Gasteiger partial charge >= 0.3 is 0 Å². The molecule has 1 amide bonds. The smallest absolute Gasteiger partial charge is 0.264 e. The van der Waals surface area contributed by atoms with Crippen LogP contribution in [0.5, 0.6) is 11.5 Å². The normalized spacial score (nSPS) is 11.6. The highest BCUT2D eigenvalue weighted by Gasteiger charge is 2.11.